The monoisotopic (exact) mass is 452 g/mol. The van der Waals surface area contributed by atoms with E-state index in [0.717, 1.165) is 57.0 Å². The van der Waals surface area contributed by atoms with Crippen molar-refractivity contribution >= 4 is 16.7 Å². The SMILES string of the molecule is COc1cc2occ(CCCCN3CCN(c4ccccc4OC)CC3)c(=O)c2cc1OC. The summed E-state index contributed by atoms with van der Waals surface area (Å²) in [6, 6.07) is 11.6. The molecule has 0 amide bonds. The molecule has 1 aliphatic rings. The van der Waals surface area contributed by atoms with Crippen LogP contribution < -0.4 is 24.5 Å². The number of aryl methyl sites for hydroxylation is 1. The van der Waals surface area contributed by atoms with Crippen molar-refractivity contribution in [1.82, 2.24) is 4.90 Å². The summed E-state index contributed by atoms with van der Waals surface area (Å²) in [5, 5.41) is 0.526. The first kappa shape index (κ1) is 23.0. The predicted octanol–water partition coefficient (Wildman–Crippen LogP) is 3.96. The van der Waals surface area contributed by atoms with E-state index in [4.69, 9.17) is 18.6 Å². The number of nitrogens with zero attached hydrogens (tertiary/aromatic N) is 2. The Labute approximate surface area is 194 Å². The zero-order chi connectivity index (χ0) is 23.2. The lowest BCUT2D eigenvalue weighted by Crippen LogP contribution is -2.46. The molecule has 0 bridgehead atoms. The molecule has 1 saturated heterocycles. The van der Waals surface area contributed by atoms with Crippen molar-refractivity contribution in [2.45, 2.75) is 19.3 Å². The number of methoxy groups -OCH3 is 3. The highest BCUT2D eigenvalue weighted by atomic mass is 16.5. The van der Waals surface area contributed by atoms with E-state index >= 15 is 0 Å². The molecule has 1 aromatic heterocycles. The molecule has 0 spiro atoms. The summed E-state index contributed by atoms with van der Waals surface area (Å²) >= 11 is 0. The summed E-state index contributed by atoms with van der Waals surface area (Å²) in [6.45, 7) is 5.05. The van der Waals surface area contributed by atoms with Crippen LogP contribution in [-0.2, 0) is 6.42 Å². The molecule has 7 heteroatoms. The van der Waals surface area contributed by atoms with Gasteiger partial charge in [-0.2, -0.15) is 0 Å². The zero-order valence-electron chi connectivity index (χ0n) is 19.6. The second-order valence-electron chi connectivity index (χ2n) is 8.25. The Balaban J connectivity index is 1.29. The van der Waals surface area contributed by atoms with Crippen molar-refractivity contribution in [3.63, 3.8) is 0 Å². The molecule has 1 fully saturated rings. The average molecular weight is 453 g/mol. The Kier molecular flexibility index (Phi) is 7.40. The van der Waals surface area contributed by atoms with Gasteiger partial charge in [-0.25, -0.2) is 0 Å². The van der Waals surface area contributed by atoms with Crippen LogP contribution in [0.2, 0.25) is 0 Å². The molecule has 2 aromatic carbocycles. The highest BCUT2D eigenvalue weighted by Crippen LogP contribution is 2.31. The number of hydrogen-bond acceptors (Lipinski definition) is 7. The van der Waals surface area contributed by atoms with Gasteiger partial charge in [0, 0.05) is 37.8 Å². The van der Waals surface area contributed by atoms with Crippen LogP contribution >= 0.6 is 0 Å². The first-order valence-corrected chi connectivity index (χ1v) is 11.4. The molecule has 0 radical (unpaired) electrons. The normalized spacial score (nSPS) is 14.5. The lowest BCUT2D eigenvalue weighted by atomic mass is 10.1. The van der Waals surface area contributed by atoms with Crippen LogP contribution in [0.5, 0.6) is 17.2 Å². The zero-order valence-corrected chi connectivity index (χ0v) is 19.6. The Morgan fingerprint density at radius 2 is 1.58 bits per heavy atom. The third-order valence-corrected chi connectivity index (χ3v) is 6.32. The van der Waals surface area contributed by atoms with Gasteiger partial charge >= 0.3 is 0 Å². The van der Waals surface area contributed by atoms with Gasteiger partial charge in [-0.3, -0.25) is 9.69 Å². The minimum atomic E-state index is 0.00243. The van der Waals surface area contributed by atoms with Gasteiger partial charge in [-0.1, -0.05) is 12.1 Å². The Hall–Kier alpha value is -3.19. The first-order chi connectivity index (χ1) is 16.1. The summed E-state index contributed by atoms with van der Waals surface area (Å²) in [4.78, 5) is 17.8. The highest BCUT2D eigenvalue weighted by molar-refractivity contribution is 5.81. The average Bonchev–Trinajstić information content (AvgIpc) is 2.87. The van der Waals surface area contributed by atoms with E-state index in [1.807, 2.05) is 12.1 Å². The van der Waals surface area contributed by atoms with Gasteiger partial charge in [0.05, 0.1) is 38.7 Å². The summed E-state index contributed by atoms with van der Waals surface area (Å²) in [7, 11) is 4.85. The van der Waals surface area contributed by atoms with Gasteiger partial charge in [-0.05, 0) is 44.0 Å². The second-order valence-corrected chi connectivity index (χ2v) is 8.25. The smallest absolute Gasteiger partial charge is 0.195 e. The number of unbranched alkanes of at least 4 members (excludes halogenated alkanes) is 1. The Morgan fingerprint density at radius 3 is 2.30 bits per heavy atom. The van der Waals surface area contributed by atoms with E-state index in [-0.39, 0.29) is 5.43 Å². The lowest BCUT2D eigenvalue weighted by Gasteiger charge is -2.36. The molecule has 3 aromatic rings. The molecular formula is C26H32N2O5. The van der Waals surface area contributed by atoms with E-state index in [9.17, 15) is 4.79 Å². The van der Waals surface area contributed by atoms with Gasteiger partial charge in [0.1, 0.15) is 11.3 Å². The van der Waals surface area contributed by atoms with Crippen molar-refractivity contribution in [3.05, 3.63) is 58.4 Å². The number of piperazine rings is 1. The molecular weight excluding hydrogens is 420 g/mol. The van der Waals surface area contributed by atoms with Gasteiger partial charge in [0.25, 0.3) is 0 Å². The summed E-state index contributed by atoms with van der Waals surface area (Å²) in [5.41, 5.74) is 2.38. The van der Waals surface area contributed by atoms with Crippen molar-refractivity contribution < 1.29 is 18.6 Å². The highest BCUT2D eigenvalue weighted by Gasteiger charge is 2.19. The fourth-order valence-corrected chi connectivity index (χ4v) is 4.42. The molecule has 0 unspecified atom stereocenters. The van der Waals surface area contributed by atoms with Crippen LogP contribution in [-0.4, -0.2) is 59.0 Å². The number of benzene rings is 2. The Morgan fingerprint density at radius 1 is 0.879 bits per heavy atom. The lowest BCUT2D eigenvalue weighted by molar-refractivity contribution is 0.252. The molecule has 176 valence electrons. The van der Waals surface area contributed by atoms with E-state index < -0.39 is 0 Å². The second kappa shape index (κ2) is 10.6. The standard InChI is InChI=1S/C26H32N2O5/c1-30-22-10-5-4-9-21(22)28-14-12-27(13-15-28)11-7-6-8-19-18-33-23-17-25(32-3)24(31-2)16-20(23)26(19)29/h4-5,9-10,16-18H,6-8,11-15H2,1-3H3. The minimum Gasteiger partial charge on any atom is -0.495 e. The predicted molar refractivity (Wildman–Crippen MR) is 130 cm³/mol. The number of rotatable bonds is 9. The molecule has 7 nitrogen and oxygen atoms in total. The number of ether oxygens (including phenoxy) is 3. The van der Waals surface area contributed by atoms with E-state index in [1.165, 1.54) is 0 Å². The molecule has 0 saturated carbocycles. The molecule has 4 rings (SSSR count). The van der Waals surface area contributed by atoms with Crippen LogP contribution in [0.25, 0.3) is 11.0 Å². The number of anilines is 1. The molecule has 0 N–H and O–H groups in total. The summed E-state index contributed by atoms with van der Waals surface area (Å²) in [5.74, 6) is 2.00. The van der Waals surface area contributed by atoms with Crippen LogP contribution in [0.1, 0.15) is 18.4 Å². The number of fused-ring (bicyclic) bond motifs is 1. The van der Waals surface area contributed by atoms with Gasteiger partial charge in [0.2, 0.25) is 0 Å². The van der Waals surface area contributed by atoms with Crippen LogP contribution in [0.15, 0.2) is 51.9 Å². The maximum Gasteiger partial charge on any atom is 0.195 e. The van der Waals surface area contributed by atoms with E-state index in [2.05, 4.69) is 21.9 Å². The third kappa shape index (κ3) is 5.09. The van der Waals surface area contributed by atoms with Gasteiger partial charge in [0.15, 0.2) is 16.9 Å². The summed E-state index contributed by atoms with van der Waals surface area (Å²) < 4.78 is 21.9. The fourth-order valence-electron chi connectivity index (χ4n) is 4.42. The van der Waals surface area contributed by atoms with Crippen LogP contribution in [0.3, 0.4) is 0 Å². The maximum atomic E-state index is 12.9. The molecule has 2 heterocycles. The number of hydrogen-bond donors (Lipinski definition) is 0. The molecule has 0 atom stereocenters. The van der Waals surface area contributed by atoms with E-state index in [1.54, 1.807) is 39.7 Å². The van der Waals surface area contributed by atoms with Gasteiger partial charge < -0.3 is 23.5 Å². The number of para-hydroxylation sites is 2. The fraction of sp³-hybridized carbons (Fsp3) is 0.423. The molecule has 33 heavy (non-hydrogen) atoms. The molecule has 1 aliphatic heterocycles. The van der Waals surface area contributed by atoms with Crippen molar-refractivity contribution in [1.29, 1.82) is 0 Å². The van der Waals surface area contributed by atoms with Crippen molar-refractivity contribution in [2.24, 2.45) is 0 Å². The Bertz CT molecular complexity index is 1140. The maximum absolute atomic E-state index is 12.9. The minimum absolute atomic E-state index is 0.00243. The summed E-state index contributed by atoms with van der Waals surface area (Å²) in [6.07, 6.45) is 4.27. The van der Waals surface area contributed by atoms with Crippen LogP contribution in [0.4, 0.5) is 5.69 Å². The molecule has 0 aliphatic carbocycles. The quantitative estimate of drug-likeness (QED) is 0.455. The van der Waals surface area contributed by atoms with Crippen molar-refractivity contribution in [2.75, 3.05) is 59.0 Å². The van der Waals surface area contributed by atoms with Crippen LogP contribution in [0, 0.1) is 0 Å². The topological polar surface area (TPSA) is 64.4 Å². The largest absolute Gasteiger partial charge is 0.495 e. The third-order valence-electron chi connectivity index (χ3n) is 6.32. The van der Waals surface area contributed by atoms with Crippen molar-refractivity contribution in [3.8, 4) is 17.2 Å². The first-order valence-electron chi connectivity index (χ1n) is 11.4. The van der Waals surface area contributed by atoms with Gasteiger partial charge in [-0.15, -0.1) is 0 Å². The van der Waals surface area contributed by atoms with E-state index in [0.29, 0.717) is 34.5 Å².